The molecule has 0 fully saturated rings. The zero-order valence-electron chi connectivity index (χ0n) is 16.2. The summed E-state index contributed by atoms with van der Waals surface area (Å²) in [4.78, 5) is 24.6. The summed E-state index contributed by atoms with van der Waals surface area (Å²) in [5, 5.41) is 3.01. The fraction of sp³-hybridized carbons (Fsp3) is 0.304. The molecule has 0 saturated carbocycles. The maximum Gasteiger partial charge on any atom is 0.331 e. The summed E-state index contributed by atoms with van der Waals surface area (Å²) in [5.74, 6) is -0.202. The zero-order chi connectivity index (χ0) is 19.9. The fourth-order valence-electron chi connectivity index (χ4n) is 3.42. The van der Waals surface area contributed by atoms with Gasteiger partial charge in [0.2, 0.25) is 0 Å². The fourth-order valence-corrected chi connectivity index (χ4v) is 3.42. The molecule has 3 rings (SSSR count). The first-order valence-electron chi connectivity index (χ1n) is 9.48. The molecule has 0 heterocycles. The molecular weight excluding hydrogens is 354 g/mol. The van der Waals surface area contributed by atoms with Crippen LogP contribution in [0.3, 0.4) is 0 Å². The van der Waals surface area contributed by atoms with E-state index >= 15 is 0 Å². The summed E-state index contributed by atoms with van der Waals surface area (Å²) in [7, 11) is 1.57. The second-order valence-corrected chi connectivity index (χ2v) is 6.81. The molecule has 2 aromatic rings. The van der Waals surface area contributed by atoms with Gasteiger partial charge in [-0.2, -0.15) is 0 Å². The van der Waals surface area contributed by atoms with E-state index in [9.17, 15) is 9.59 Å². The van der Waals surface area contributed by atoms with Crippen LogP contribution in [0, 0.1) is 0 Å². The van der Waals surface area contributed by atoms with E-state index in [4.69, 9.17) is 9.47 Å². The molecule has 0 saturated heterocycles. The third kappa shape index (κ3) is 4.80. The van der Waals surface area contributed by atoms with Crippen molar-refractivity contribution in [2.75, 3.05) is 7.11 Å². The van der Waals surface area contributed by atoms with Crippen molar-refractivity contribution in [2.45, 2.75) is 38.3 Å². The molecule has 5 heteroatoms. The first-order chi connectivity index (χ1) is 13.6. The van der Waals surface area contributed by atoms with E-state index in [1.807, 2.05) is 42.5 Å². The van der Waals surface area contributed by atoms with Gasteiger partial charge in [0.1, 0.15) is 5.75 Å². The van der Waals surface area contributed by atoms with Crippen LogP contribution in [0.15, 0.2) is 54.6 Å². The van der Waals surface area contributed by atoms with Crippen molar-refractivity contribution in [2.24, 2.45) is 0 Å². The van der Waals surface area contributed by atoms with Gasteiger partial charge in [-0.3, -0.25) is 4.79 Å². The van der Waals surface area contributed by atoms with Crippen molar-refractivity contribution in [3.05, 3.63) is 71.3 Å². The minimum Gasteiger partial charge on any atom is -0.496 e. The second-order valence-electron chi connectivity index (χ2n) is 6.81. The first-order valence-corrected chi connectivity index (χ1v) is 9.48. The Kier molecular flexibility index (Phi) is 6.48. The predicted molar refractivity (Wildman–Crippen MR) is 108 cm³/mol. The number of aryl methyl sites for hydroxylation is 1. The second kappa shape index (κ2) is 9.22. The molecule has 0 spiro atoms. The molecule has 0 unspecified atom stereocenters. The minimum absolute atomic E-state index is 0.0391. The number of carbonyl (C=O) groups is 2. The molecule has 1 amide bonds. The maximum atomic E-state index is 12.5. The van der Waals surface area contributed by atoms with E-state index in [0.29, 0.717) is 5.75 Å². The van der Waals surface area contributed by atoms with Crippen molar-refractivity contribution in [1.82, 2.24) is 5.32 Å². The van der Waals surface area contributed by atoms with Gasteiger partial charge in [0.25, 0.3) is 5.91 Å². The third-order valence-corrected chi connectivity index (χ3v) is 4.89. The SMILES string of the molecule is COc1ccccc1/C=C/C(=O)O[C@H](C)C(=O)N[C@@H]1CCCc2ccccc21. The molecule has 0 bridgehead atoms. The normalized spacial score (nSPS) is 16.9. The Balaban J connectivity index is 1.57. The van der Waals surface area contributed by atoms with Crippen molar-refractivity contribution < 1.29 is 19.1 Å². The molecule has 28 heavy (non-hydrogen) atoms. The first kappa shape index (κ1) is 19.7. The molecule has 1 N–H and O–H groups in total. The Labute approximate surface area is 165 Å². The Morgan fingerprint density at radius 2 is 1.89 bits per heavy atom. The largest absolute Gasteiger partial charge is 0.496 e. The molecule has 1 aliphatic carbocycles. The van der Waals surface area contributed by atoms with Gasteiger partial charge in [0.05, 0.1) is 13.2 Å². The van der Waals surface area contributed by atoms with Crippen LogP contribution in [-0.2, 0) is 20.7 Å². The number of esters is 1. The lowest BCUT2D eigenvalue weighted by molar-refractivity contribution is -0.150. The van der Waals surface area contributed by atoms with E-state index in [1.165, 1.54) is 11.6 Å². The Morgan fingerprint density at radius 1 is 1.14 bits per heavy atom. The highest BCUT2D eigenvalue weighted by atomic mass is 16.5. The number of methoxy groups -OCH3 is 1. The maximum absolute atomic E-state index is 12.5. The number of hydrogen-bond acceptors (Lipinski definition) is 4. The Hall–Kier alpha value is -3.08. The molecular formula is C23H25NO4. The zero-order valence-corrected chi connectivity index (χ0v) is 16.2. The summed E-state index contributed by atoms with van der Waals surface area (Å²) >= 11 is 0. The predicted octanol–water partition coefficient (Wildman–Crippen LogP) is 3.83. The molecule has 0 aliphatic heterocycles. The summed E-state index contributed by atoms with van der Waals surface area (Å²) in [5.41, 5.74) is 3.18. The average Bonchev–Trinajstić information content (AvgIpc) is 2.72. The summed E-state index contributed by atoms with van der Waals surface area (Å²) in [6.07, 6.45) is 4.99. The summed E-state index contributed by atoms with van der Waals surface area (Å²) in [6, 6.07) is 15.4. The number of amides is 1. The van der Waals surface area contributed by atoms with Crippen molar-refractivity contribution in [3.8, 4) is 5.75 Å². The van der Waals surface area contributed by atoms with Crippen LogP contribution < -0.4 is 10.1 Å². The van der Waals surface area contributed by atoms with E-state index in [1.54, 1.807) is 20.1 Å². The van der Waals surface area contributed by atoms with E-state index in [0.717, 1.165) is 30.4 Å². The molecule has 0 aromatic heterocycles. The summed E-state index contributed by atoms with van der Waals surface area (Å²) < 4.78 is 10.5. The van der Waals surface area contributed by atoms with Crippen LogP contribution >= 0.6 is 0 Å². The highest BCUT2D eigenvalue weighted by molar-refractivity contribution is 5.90. The van der Waals surface area contributed by atoms with Crippen LogP contribution in [0.2, 0.25) is 0 Å². The van der Waals surface area contributed by atoms with Gasteiger partial charge in [0, 0.05) is 11.6 Å². The quantitative estimate of drug-likeness (QED) is 0.612. The molecule has 2 atom stereocenters. The Bertz CT molecular complexity index is 874. The highest BCUT2D eigenvalue weighted by Gasteiger charge is 2.24. The molecule has 146 valence electrons. The number of ether oxygens (including phenoxy) is 2. The van der Waals surface area contributed by atoms with Crippen LogP contribution in [0.1, 0.15) is 42.5 Å². The molecule has 5 nitrogen and oxygen atoms in total. The van der Waals surface area contributed by atoms with Gasteiger partial charge in [-0.1, -0.05) is 42.5 Å². The van der Waals surface area contributed by atoms with Gasteiger partial charge in [-0.05, 0) is 49.5 Å². The minimum atomic E-state index is -0.871. The van der Waals surface area contributed by atoms with E-state index < -0.39 is 12.1 Å². The number of carbonyl (C=O) groups excluding carboxylic acids is 2. The highest BCUT2D eigenvalue weighted by Crippen LogP contribution is 2.29. The van der Waals surface area contributed by atoms with Crippen LogP contribution in [0.4, 0.5) is 0 Å². The van der Waals surface area contributed by atoms with Crippen LogP contribution in [-0.4, -0.2) is 25.1 Å². The summed E-state index contributed by atoms with van der Waals surface area (Å²) in [6.45, 7) is 1.58. The van der Waals surface area contributed by atoms with E-state index in [-0.39, 0.29) is 11.9 Å². The van der Waals surface area contributed by atoms with Crippen molar-refractivity contribution in [1.29, 1.82) is 0 Å². The lowest BCUT2D eigenvalue weighted by Gasteiger charge is -2.27. The smallest absolute Gasteiger partial charge is 0.331 e. The number of fused-ring (bicyclic) bond motifs is 1. The van der Waals surface area contributed by atoms with Gasteiger partial charge < -0.3 is 14.8 Å². The van der Waals surface area contributed by atoms with Gasteiger partial charge in [0.15, 0.2) is 6.10 Å². The number of nitrogens with one attached hydrogen (secondary N) is 1. The van der Waals surface area contributed by atoms with Gasteiger partial charge in [-0.15, -0.1) is 0 Å². The topological polar surface area (TPSA) is 64.6 Å². The molecule has 0 radical (unpaired) electrons. The van der Waals surface area contributed by atoms with Crippen LogP contribution in [0.5, 0.6) is 5.75 Å². The monoisotopic (exact) mass is 379 g/mol. The molecule has 2 aromatic carbocycles. The van der Waals surface area contributed by atoms with Crippen molar-refractivity contribution in [3.63, 3.8) is 0 Å². The third-order valence-electron chi connectivity index (χ3n) is 4.89. The lowest BCUT2D eigenvalue weighted by atomic mass is 9.87. The number of benzene rings is 2. The standard InChI is InChI=1S/C23H25NO4/c1-16(28-22(25)15-14-18-9-4-6-13-21(18)27-2)23(26)24-20-12-7-10-17-8-3-5-11-19(17)20/h3-6,8-9,11,13-16,20H,7,10,12H2,1-2H3,(H,24,26)/b15-14+/t16-,20-/m1/s1. The van der Waals surface area contributed by atoms with Gasteiger partial charge in [-0.25, -0.2) is 4.79 Å². The Morgan fingerprint density at radius 3 is 2.71 bits per heavy atom. The van der Waals surface area contributed by atoms with E-state index in [2.05, 4.69) is 11.4 Å². The van der Waals surface area contributed by atoms with Gasteiger partial charge >= 0.3 is 5.97 Å². The number of para-hydroxylation sites is 1. The molecule has 1 aliphatic rings. The number of rotatable bonds is 6. The van der Waals surface area contributed by atoms with Crippen LogP contribution in [0.25, 0.3) is 6.08 Å². The van der Waals surface area contributed by atoms with Crippen molar-refractivity contribution >= 4 is 18.0 Å². The average molecular weight is 379 g/mol. The number of hydrogen-bond donors (Lipinski definition) is 1. The lowest BCUT2D eigenvalue weighted by Crippen LogP contribution is -2.39.